The Labute approximate surface area is 134 Å². The molecule has 4 nitrogen and oxygen atoms in total. The van der Waals surface area contributed by atoms with Crippen LogP contribution in [0.2, 0.25) is 5.02 Å². The van der Waals surface area contributed by atoms with Gasteiger partial charge in [-0.3, -0.25) is 14.4 Å². The Bertz CT molecular complexity index is 593. The largest absolute Gasteiger partial charge is 0.469 e. The summed E-state index contributed by atoms with van der Waals surface area (Å²) in [5.41, 5.74) is 0.0352. The molecular formula is C17H19ClO4. The molecule has 1 saturated carbocycles. The number of methoxy groups -OCH3 is 1. The number of carbonyl (C=O) groups excluding carboxylic acids is 3. The maximum Gasteiger partial charge on any atom is 0.313 e. The predicted molar refractivity (Wildman–Crippen MR) is 82.8 cm³/mol. The molecule has 2 atom stereocenters. The van der Waals surface area contributed by atoms with Crippen molar-refractivity contribution in [1.29, 1.82) is 0 Å². The minimum atomic E-state index is -0.665. The summed E-state index contributed by atoms with van der Waals surface area (Å²) in [4.78, 5) is 36.1. The number of ether oxygens (including phenoxy) is 1. The topological polar surface area (TPSA) is 60.4 Å². The van der Waals surface area contributed by atoms with Crippen molar-refractivity contribution in [2.75, 3.05) is 7.11 Å². The van der Waals surface area contributed by atoms with Crippen LogP contribution in [-0.4, -0.2) is 24.6 Å². The molecule has 0 aliphatic heterocycles. The molecule has 1 aliphatic carbocycles. The maximum absolute atomic E-state index is 12.6. The SMILES string of the molecule is COC(=O)[C@@H](CC(=O)C1(C)CCC(=O)C1)c1ccc(Cl)cc1. The van der Waals surface area contributed by atoms with Crippen molar-refractivity contribution in [2.45, 2.75) is 38.5 Å². The summed E-state index contributed by atoms with van der Waals surface area (Å²) < 4.78 is 4.82. The van der Waals surface area contributed by atoms with E-state index in [0.29, 0.717) is 23.4 Å². The van der Waals surface area contributed by atoms with Gasteiger partial charge in [0.05, 0.1) is 13.0 Å². The lowest BCUT2D eigenvalue weighted by atomic mass is 9.78. The Morgan fingerprint density at radius 1 is 1.32 bits per heavy atom. The normalized spacial score (nSPS) is 22.4. The lowest BCUT2D eigenvalue weighted by Gasteiger charge is -2.23. The van der Waals surface area contributed by atoms with E-state index in [1.165, 1.54) is 7.11 Å². The Morgan fingerprint density at radius 3 is 2.45 bits per heavy atom. The monoisotopic (exact) mass is 322 g/mol. The van der Waals surface area contributed by atoms with Crippen LogP contribution in [0.1, 0.15) is 44.1 Å². The van der Waals surface area contributed by atoms with Crippen LogP contribution in [0.3, 0.4) is 0 Å². The van der Waals surface area contributed by atoms with Crippen molar-refractivity contribution < 1.29 is 19.1 Å². The zero-order chi connectivity index (χ0) is 16.3. The van der Waals surface area contributed by atoms with E-state index in [2.05, 4.69) is 0 Å². The molecule has 2 rings (SSSR count). The number of rotatable bonds is 5. The van der Waals surface area contributed by atoms with Gasteiger partial charge in [0.2, 0.25) is 0 Å². The second kappa shape index (κ2) is 6.61. The first-order valence-corrected chi connectivity index (χ1v) is 7.62. The second-order valence-electron chi connectivity index (χ2n) is 6.03. The zero-order valence-corrected chi connectivity index (χ0v) is 13.5. The lowest BCUT2D eigenvalue weighted by molar-refractivity contribution is -0.145. The van der Waals surface area contributed by atoms with Gasteiger partial charge in [-0.15, -0.1) is 0 Å². The third-order valence-corrected chi connectivity index (χ3v) is 4.62. The average Bonchev–Trinajstić information content (AvgIpc) is 2.85. The number of hydrogen-bond donors (Lipinski definition) is 0. The first-order chi connectivity index (χ1) is 10.4. The predicted octanol–water partition coefficient (Wildman–Crippen LogP) is 3.32. The van der Waals surface area contributed by atoms with Gasteiger partial charge in [-0.1, -0.05) is 30.7 Å². The van der Waals surface area contributed by atoms with Gasteiger partial charge >= 0.3 is 5.97 Å². The molecule has 1 aliphatic rings. The molecular weight excluding hydrogens is 304 g/mol. The van der Waals surface area contributed by atoms with Crippen LogP contribution in [0.15, 0.2) is 24.3 Å². The lowest BCUT2D eigenvalue weighted by Crippen LogP contribution is -2.29. The summed E-state index contributed by atoms with van der Waals surface area (Å²) >= 11 is 5.86. The van der Waals surface area contributed by atoms with Gasteiger partial charge in [0.1, 0.15) is 11.6 Å². The number of hydrogen-bond acceptors (Lipinski definition) is 4. The first kappa shape index (κ1) is 16.7. The van der Waals surface area contributed by atoms with Crippen LogP contribution >= 0.6 is 11.6 Å². The van der Waals surface area contributed by atoms with E-state index < -0.39 is 17.3 Å². The van der Waals surface area contributed by atoms with E-state index in [4.69, 9.17) is 16.3 Å². The van der Waals surface area contributed by atoms with Crippen LogP contribution in [0.4, 0.5) is 0 Å². The smallest absolute Gasteiger partial charge is 0.313 e. The molecule has 0 bridgehead atoms. The van der Waals surface area contributed by atoms with E-state index in [-0.39, 0.29) is 24.4 Å². The maximum atomic E-state index is 12.6. The van der Waals surface area contributed by atoms with E-state index in [0.717, 1.165) is 0 Å². The summed E-state index contributed by atoms with van der Waals surface area (Å²) in [6, 6.07) is 6.80. The first-order valence-electron chi connectivity index (χ1n) is 7.24. The molecule has 22 heavy (non-hydrogen) atoms. The van der Waals surface area contributed by atoms with Crippen molar-refractivity contribution in [3.63, 3.8) is 0 Å². The van der Waals surface area contributed by atoms with Gasteiger partial charge < -0.3 is 4.74 Å². The van der Waals surface area contributed by atoms with Crippen molar-refractivity contribution in [1.82, 2.24) is 0 Å². The fourth-order valence-corrected chi connectivity index (χ4v) is 3.00. The van der Waals surface area contributed by atoms with Gasteiger partial charge in [-0.25, -0.2) is 0 Å². The summed E-state index contributed by atoms with van der Waals surface area (Å²) in [5, 5.41) is 0.562. The van der Waals surface area contributed by atoms with Crippen molar-refractivity contribution in [3.8, 4) is 0 Å². The number of Topliss-reactive ketones (excluding diaryl/α,β-unsaturated/α-hetero) is 2. The van der Waals surface area contributed by atoms with Crippen LogP contribution in [0.5, 0.6) is 0 Å². The fourth-order valence-electron chi connectivity index (χ4n) is 2.87. The van der Waals surface area contributed by atoms with Crippen LogP contribution in [0, 0.1) is 5.41 Å². The Kier molecular flexibility index (Phi) is 5.01. The third kappa shape index (κ3) is 3.55. The molecule has 0 amide bonds. The summed E-state index contributed by atoms with van der Waals surface area (Å²) in [5.74, 6) is -1.08. The minimum Gasteiger partial charge on any atom is -0.469 e. The summed E-state index contributed by atoms with van der Waals surface area (Å²) in [6.07, 6.45) is 1.30. The number of benzene rings is 1. The molecule has 118 valence electrons. The molecule has 0 spiro atoms. The molecule has 1 aromatic rings. The molecule has 5 heteroatoms. The zero-order valence-electron chi connectivity index (χ0n) is 12.7. The molecule has 0 aromatic heterocycles. The van der Waals surface area contributed by atoms with Gasteiger partial charge in [0.15, 0.2) is 0 Å². The molecule has 0 radical (unpaired) electrons. The van der Waals surface area contributed by atoms with E-state index in [1.807, 2.05) is 0 Å². The molecule has 0 saturated heterocycles. The summed E-state index contributed by atoms with van der Waals surface area (Å²) in [6.45, 7) is 1.80. The number of ketones is 2. The van der Waals surface area contributed by atoms with Gasteiger partial charge in [-0.2, -0.15) is 0 Å². The highest BCUT2D eigenvalue weighted by atomic mass is 35.5. The number of esters is 1. The van der Waals surface area contributed by atoms with E-state index in [1.54, 1.807) is 31.2 Å². The van der Waals surface area contributed by atoms with Gasteiger partial charge in [0, 0.05) is 29.7 Å². The van der Waals surface area contributed by atoms with E-state index in [9.17, 15) is 14.4 Å². The molecule has 1 fully saturated rings. The van der Waals surface area contributed by atoms with Crippen LogP contribution in [-0.2, 0) is 19.1 Å². The summed E-state index contributed by atoms with van der Waals surface area (Å²) in [7, 11) is 1.30. The van der Waals surface area contributed by atoms with Crippen molar-refractivity contribution >= 4 is 29.1 Å². The Balaban J connectivity index is 2.20. The number of carbonyl (C=O) groups is 3. The van der Waals surface area contributed by atoms with Gasteiger partial charge in [0.25, 0.3) is 0 Å². The second-order valence-corrected chi connectivity index (χ2v) is 6.47. The van der Waals surface area contributed by atoms with Gasteiger partial charge in [-0.05, 0) is 24.1 Å². The molecule has 0 heterocycles. The molecule has 1 aromatic carbocycles. The molecule has 0 N–H and O–H groups in total. The van der Waals surface area contributed by atoms with Crippen LogP contribution < -0.4 is 0 Å². The Hall–Kier alpha value is -1.68. The average molecular weight is 323 g/mol. The highest BCUT2D eigenvalue weighted by molar-refractivity contribution is 6.30. The standard InChI is InChI=1S/C17H19ClO4/c1-17(8-7-13(19)10-17)15(20)9-14(16(21)22-2)11-3-5-12(18)6-4-11/h3-6,14H,7-10H2,1-2H3/t14-,17?/m0/s1. The van der Waals surface area contributed by atoms with E-state index >= 15 is 0 Å². The Morgan fingerprint density at radius 2 is 1.95 bits per heavy atom. The van der Waals surface area contributed by atoms with Crippen molar-refractivity contribution in [3.05, 3.63) is 34.9 Å². The quantitative estimate of drug-likeness (QED) is 0.780. The van der Waals surface area contributed by atoms with Crippen molar-refractivity contribution in [2.24, 2.45) is 5.41 Å². The van der Waals surface area contributed by atoms with Crippen LogP contribution in [0.25, 0.3) is 0 Å². The third-order valence-electron chi connectivity index (χ3n) is 4.36. The highest BCUT2D eigenvalue weighted by Gasteiger charge is 2.41. The fraction of sp³-hybridized carbons (Fsp3) is 0.471. The molecule has 1 unspecified atom stereocenters. The minimum absolute atomic E-state index is 0.0398. The number of halogens is 1. The highest BCUT2D eigenvalue weighted by Crippen LogP contribution is 2.39.